The van der Waals surface area contributed by atoms with Crippen molar-refractivity contribution in [1.29, 1.82) is 0 Å². The number of rotatable bonds is 4. The van der Waals surface area contributed by atoms with Crippen LogP contribution in [0.1, 0.15) is 32.0 Å². The first-order valence-corrected chi connectivity index (χ1v) is 6.58. The minimum atomic E-state index is -1.08. The lowest BCUT2D eigenvalue weighted by molar-refractivity contribution is 0.0690. The number of halogens is 1. The minimum Gasteiger partial charge on any atom is -0.477 e. The summed E-state index contributed by atoms with van der Waals surface area (Å²) < 4.78 is 0. The summed E-state index contributed by atoms with van der Waals surface area (Å²) in [5.41, 5.74) is 2.03. The summed E-state index contributed by atoms with van der Waals surface area (Å²) in [6, 6.07) is 8.12. The van der Waals surface area contributed by atoms with E-state index >= 15 is 0 Å². The second-order valence-corrected chi connectivity index (χ2v) is 4.94. The number of aryl methyl sites for hydroxylation is 1. The van der Waals surface area contributed by atoms with E-state index in [2.05, 4.69) is 10.3 Å². The highest BCUT2D eigenvalue weighted by Crippen LogP contribution is 2.15. The maximum atomic E-state index is 12.1. The second-order valence-electron chi connectivity index (χ2n) is 4.50. The fourth-order valence-electron chi connectivity index (χ4n) is 1.77. The predicted molar refractivity (Wildman–Crippen MR) is 78.6 cm³/mol. The van der Waals surface area contributed by atoms with Gasteiger partial charge in [0.1, 0.15) is 5.69 Å². The van der Waals surface area contributed by atoms with Gasteiger partial charge in [-0.1, -0.05) is 23.7 Å². The Labute approximate surface area is 126 Å². The minimum absolute atomic E-state index is 0.0317. The van der Waals surface area contributed by atoms with E-state index in [1.165, 1.54) is 12.3 Å². The highest BCUT2D eigenvalue weighted by Gasteiger charge is 2.10. The number of hydrogen-bond acceptors (Lipinski definition) is 3. The third-order valence-corrected chi connectivity index (χ3v) is 3.18. The van der Waals surface area contributed by atoms with Gasteiger partial charge in [0.05, 0.1) is 0 Å². The van der Waals surface area contributed by atoms with Crippen LogP contribution in [0.5, 0.6) is 0 Å². The Morgan fingerprint density at radius 3 is 2.67 bits per heavy atom. The first-order chi connectivity index (χ1) is 9.97. The van der Waals surface area contributed by atoms with E-state index in [0.717, 1.165) is 5.56 Å². The molecule has 21 heavy (non-hydrogen) atoms. The van der Waals surface area contributed by atoms with Crippen molar-refractivity contribution in [1.82, 2.24) is 10.3 Å². The molecule has 0 fully saturated rings. The molecule has 5 nitrogen and oxygen atoms in total. The molecule has 0 unspecified atom stereocenters. The standard InChI is InChI=1S/C15H13ClN2O3/c1-9-2-4-11(16)6-12(9)14(19)18-8-10-3-5-13(15(20)21)17-7-10/h2-7H,8H2,1H3,(H,18,19)(H,20,21). The molecule has 1 heterocycles. The van der Waals surface area contributed by atoms with E-state index in [9.17, 15) is 9.59 Å². The molecule has 0 bridgehead atoms. The Bertz CT molecular complexity index is 684. The molecule has 0 saturated heterocycles. The normalized spacial score (nSPS) is 10.2. The number of carbonyl (C=O) groups is 2. The molecule has 0 atom stereocenters. The molecule has 1 aromatic heterocycles. The van der Waals surface area contributed by atoms with Gasteiger partial charge >= 0.3 is 5.97 Å². The molecule has 0 aliphatic heterocycles. The molecule has 2 rings (SSSR count). The number of aromatic nitrogens is 1. The number of carboxylic acid groups (broad SMARTS) is 1. The van der Waals surface area contributed by atoms with Crippen molar-refractivity contribution in [3.05, 3.63) is 63.9 Å². The summed E-state index contributed by atoms with van der Waals surface area (Å²) in [4.78, 5) is 26.6. The van der Waals surface area contributed by atoms with Gasteiger partial charge in [-0.3, -0.25) is 4.79 Å². The Morgan fingerprint density at radius 2 is 2.05 bits per heavy atom. The van der Waals surface area contributed by atoms with Crippen LogP contribution in [0.25, 0.3) is 0 Å². The first-order valence-electron chi connectivity index (χ1n) is 6.20. The van der Waals surface area contributed by atoms with Crippen LogP contribution in [0, 0.1) is 6.92 Å². The summed E-state index contributed by atoms with van der Waals surface area (Å²) in [5, 5.41) is 12.0. The maximum absolute atomic E-state index is 12.1. The van der Waals surface area contributed by atoms with Crippen LogP contribution in [0.2, 0.25) is 5.02 Å². The third-order valence-electron chi connectivity index (χ3n) is 2.94. The van der Waals surface area contributed by atoms with Gasteiger partial charge in [-0.15, -0.1) is 0 Å². The van der Waals surface area contributed by atoms with E-state index in [0.29, 0.717) is 16.1 Å². The number of benzene rings is 1. The molecule has 2 aromatic rings. The average molecular weight is 305 g/mol. The quantitative estimate of drug-likeness (QED) is 0.910. The second kappa shape index (κ2) is 6.37. The van der Waals surface area contributed by atoms with Gasteiger partial charge in [-0.25, -0.2) is 9.78 Å². The number of nitrogens with zero attached hydrogens (tertiary/aromatic N) is 1. The molecule has 0 spiro atoms. The van der Waals surface area contributed by atoms with Crippen molar-refractivity contribution in [2.45, 2.75) is 13.5 Å². The van der Waals surface area contributed by atoms with Crippen molar-refractivity contribution in [3.8, 4) is 0 Å². The number of nitrogens with one attached hydrogen (secondary N) is 1. The molecule has 108 valence electrons. The summed E-state index contributed by atoms with van der Waals surface area (Å²) in [7, 11) is 0. The smallest absolute Gasteiger partial charge is 0.354 e. The van der Waals surface area contributed by atoms with E-state index < -0.39 is 5.97 Å². The number of pyridine rings is 1. The topological polar surface area (TPSA) is 79.3 Å². The zero-order valence-electron chi connectivity index (χ0n) is 11.3. The molecule has 1 aromatic carbocycles. The number of hydrogen-bond donors (Lipinski definition) is 2. The number of carboxylic acids is 1. The summed E-state index contributed by atoms with van der Waals surface area (Å²) in [6.45, 7) is 2.09. The average Bonchev–Trinajstić information content (AvgIpc) is 2.47. The van der Waals surface area contributed by atoms with Crippen molar-refractivity contribution in [3.63, 3.8) is 0 Å². The van der Waals surface area contributed by atoms with Gasteiger partial charge in [-0.05, 0) is 36.2 Å². The fourth-order valence-corrected chi connectivity index (χ4v) is 1.94. The molecule has 1 amide bonds. The number of aromatic carboxylic acids is 1. The lowest BCUT2D eigenvalue weighted by atomic mass is 10.1. The van der Waals surface area contributed by atoms with Gasteiger partial charge < -0.3 is 10.4 Å². The zero-order chi connectivity index (χ0) is 15.4. The van der Waals surface area contributed by atoms with E-state index in [1.807, 2.05) is 6.92 Å². The first kappa shape index (κ1) is 15.0. The molecule has 0 aliphatic rings. The van der Waals surface area contributed by atoms with Gasteiger partial charge in [0.15, 0.2) is 0 Å². The molecule has 0 saturated carbocycles. The van der Waals surface area contributed by atoms with Crippen LogP contribution in [0.3, 0.4) is 0 Å². The lowest BCUT2D eigenvalue weighted by Gasteiger charge is -2.08. The van der Waals surface area contributed by atoms with Crippen LogP contribution >= 0.6 is 11.6 Å². The molecule has 0 radical (unpaired) electrons. The highest BCUT2D eigenvalue weighted by atomic mass is 35.5. The van der Waals surface area contributed by atoms with Gasteiger partial charge in [-0.2, -0.15) is 0 Å². The Hall–Kier alpha value is -2.40. The lowest BCUT2D eigenvalue weighted by Crippen LogP contribution is -2.23. The van der Waals surface area contributed by atoms with Crippen LogP contribution in [0.15, 0.2) is 36.5 Å². The van der Waals surface area contributed by atoms with Crippen LogP contribution in [-0.2, 0) is 6.54 Å². The van der Waals surface area contributed by atoms with Gasteiger partial charge in [0, 0.05) is 23.3 Å². The van der Waals surface area contributed by atoms with Crippen molar-refractivity contribution >= 4 is 23.5 Å². The van der Waals surface area contributed by atoms with Crippen LogP contribution in [-0.4, -0.2) is 22.0 Å². The van der Waals surface area contributed by atoms with Gasteiger partial charge in [0.25, 0.3) is 5.91 Å². The van der Waals surface area contributed by atoms with E-state index in [4.69, 9.17) is 16.7 Å². The summed E-state index contributed by atoms with van der Waals surface area (Å²) >= 11 is 5.88. The predicted octanol–water partition coefficient (Wildman–Crippen LogP) is 2.67. The maximum Gasteiger partial charge on any atom is 0.354 e. The van der Waals surface area contributed by atoms with Crippen molar-refractivity contribution in [2.24, 2.45) is 0 Å². The number of amides is 1. The third kappa shape index (κ3) is 3.79. The molecule has 2 N–H and O–H groups in total. The Balaban J connectivity index is 2.04. The summed E-state index contributed by atoms with van der Waals surface area (Å²) in [6.07, 6.45) is 1.43. The Morgan fingerprint density at radius 1 is 1.29 bits per heavy atom. The summed E-state index contributed by atoms with van der Waals surface area (Å²) in [5.74, 6) is -1.32. The molecular formula is C15H13ClN2O3. The molecule has 0 aliphatic carbocycles. The van der Waals surface area contributed by atoms with Crippen molar-refractivity contribution < 1.29 is 14.7 Å². The largest absolute Gasteiger partial charge is 0.477 e. The SMILES string of the molecule is Cc1ccc(Cl)cc1C(=O)NCc1ccc(C(=O)O)nc1. The molecule has 6 heteroatoms. The fraction of sp³-hybridized carbons (Fsp3) is 0.133. The van der Waals surface area contributed by atoms with Crippen LogP contribution in [0.4, 0.5) is 0 Å². The Kier molecular flexibility index (Phi) is 4.55. The zero-order valence-corrected chi connectivity index (χ0v) is 12.0. The molecular weight excluding hydrogens is 292 g/mol. The van der Waals surface area contributed by atoms with Gasteiger partial charge in [0.2, 0.25) is 0 Å². The van der Waals surface area contributed by atoms with E-state index in [1.54, 1.807) is 24.3 Å². The monoisotopic (exact) mass is 304 g/mol. The van der Waals surface area contributed by atoms with Crippen molar-refractivity contribution in [2.75, 3.05) is 0 Å². The highest BCUT2D eigenvalue weighted by molar-refractivity contribution is 6.31. The van der Waals surface area contributed by atoms with E-state index in [-0.39, 0.29) is 18.1 Å². The number of carbonyl (C=O) groups excluding carboxylic acids is 1. The van der Waals surface area contributed by atoms with Crippen LogP contribution < -0.4 is 5.32 Å².